The quantitative estimate of drug-likeness (QED) is 0.483. The van der Waals surface area contributed by atoms with Gasteiger partial charge in [0.2, 0.25) is 0 Å². The van der Waals surface area contributed by atoms with Gasteiger partial charge in [0.05, 0.1) is 23.4 Å². The van der Waals surface area contributed by atoms with Gasteiger partial charge in [-0.1, -0.05) is 18.2 Å². The van der Waals surface area contributed by atoms with E-state index in [1.165, 1.54) is 30.9 Å². The Morgan fingerprint density at radius 3 is 2.47 bits per heavy atom. The SMILES string of the molecule is COc1ccccc1NS(=O)(=O)c1ccc(O)c(NC(=O)c2ccc3c(c2)CCCC3)c1. The van der Waals surface area contributed by atoms with Crippen molar-refractivity contribution in [1.29, 1.82) is 0 Å². The fourth-order valence-electron chi connectivity index (χ4n) is 3.78. The second-order valence-electron chi connectivity index (χ2n) is 7.63. The molecule has 4 rings (SSSR count). The van der Waals surface area contributed by atoms with Gasteiger partial charge >= 0.3 is 0 Å². The fraction of sp³-hybridized carbons (Fsp3) is 0.208. The number of phenols is 1. The molecule has 8 heteroatoms. The van der Waals surface area contributed by atoms with E-state index < -0.39 is 15.9 Å². The molecule has 0 saturated carbocycles. The average Bonchev–Trinajstić information content (AvgIpc) is 2.80. The van der Waals surface area contributed by atoms with Gasteiger partial charge in [0.1, 0.15) is 11.5 Å². The number of aryl methyl sites for hydroxylation is 2. The molecule has 1 aliphatic carbocycles. The molecule has 32 heavy (non-hydrogen) atoms. The van der Waals surface area contributed by atoms with Crippen molar-refractivity contribution in [3.63, 3.8) is 0 Å². The van der Waals surface area contributed by atoms with Gasteiger partial charge in [-0.05, 0) is 79.3 Å². The number of methoxy groups -OCH3 is 1. The molecular formula is C24H24N2O5S. The minimum atomic E-state index is -3.99. The summed E-state index contributed by atoms with van der Waals surface area (Å²) >= 11 is 0. The number of fused-ring (bicyclic) bond motifs is 1. The minimum absolute atomic E-state index is 0.00984. The van der Waals surface area contributed by atoms with Crippen LogP contribution in [0.5, 0.6) is 11.5 Å². The monoisotopic (exact) mass is 452 g/mol. The molecule has 0 fully saturated rings. The third-order valence-corrected chi connectivity index (χ3v) is 6.85. The number of anilines is 2. The summed E-state index contributed by atoms with van der Waals surface area (Å²) in [7, 11) is -2.54. The van der Waals surface area contributed by atoms with Crippen molar-refractivity contribution in [2.45, 2.75) is 30.6 Å². The molecule has 0 atom stereocenters. The Hall–Kier alpha value is -3.52. The molecule has 0 heterocycles. The van der Waals surface area contributed by atoms with Crippen molar-refractivity contribution in [2.24, 2.45) is 0 Å². The van der Waals surface area contributed by atoms with E-state index in [0.29, 0.717) is 11.3 Å². The Morgan fingerprint density at radius 2 is 1.69 bits per heavy atom. The van der Waals surface area contributed by atoms with Crippen molar-refractivity contribution < 1.29 is 23.1 Å². The van der Waals surface area contributed by atoms with Gasteiger partial charge in [-0.25, -0.2) is 8.42 Å². The number of carbonyl (C=O) groups excluding carboxylic acids is 1. The summed E-state index contributed by atoms with van der Waals surface area (Å²) in [6.07, 6.45) is 4.19. The smallest absolute Gasteiger partial charge is 0.262 e. The van der Waals surface area contributed by atoms with Crippen LogP contribution >= 0.6 is 0 Å². The molecule has 0 radical (unpaired) electrons. The number of hydrogen-bond donors (Lipinski definition) is 3. The number of benzene rings is 3. The summed E-state index contributed by atoms with van der Waals surface area (Å²) in [4.78, 5) is 12.7. The Kier molecular flexibility index (Phi) is 6.05. The Morgan fingerprint density at radius 1 is 0.938 bits per heavy atom. The number of rotatable bonds is 6. The van der Waals surface area contributed by atoms with E-state index in [0.717, 1.165) is 31.2 Å². The number of phenolic OH excluding ortho intramolecular Hbond substituents is 1. The van der Waals surface area contributed by atoms with Crippen LogP contribution < -0.4 is 14.8 Å². The maximum absolute atomic E-state index is 12.9. The van der Waals surface area contributed by atoms with E-state index in [1.54, 1.807) is 30.3 Å². The Labute approximate surface area is 187 Å². The maximum Gasteiger partial charge on any atom is 0.262 e. The standard InChI is InChI=1S/C24H24N2O5S/c1-31-23-9-5-4-8-20(23)26-32(29,30)19-12-13-22(27)21(15-19)25-24(28)18-11-10-16-6-2-3-7-17(16)14-18/h4-5,8-15,26-27H,2-3,6-7H2,1H3,(H,25,28). The van der Waals surface area contributed by atoms with E-state index in [1.807, 2.05) is 12.1 Å². The molecule has 1 aliphatic rings. The molecule has 0 spiro atoms. The van der Waals surface area contributed by atoms with Crippen molar-refractivity contribution >= 4 is 27.3 Å². The number of ether oxygens (including phenoxy) is 1. The molecule has 1 amide bonds. The molecule has 0 aliphatic heterocycles. The summed E-state index contributed by atoms with van der Waals surface area (Å²) in [6.45, 7) is 0. The molecule has 166 valence electrons. The predicted molar refractivity (Wildman–Crippen MR) is 123 cm³/mol. The van der Waals surface area contributed by atoms with Crippen LogP contribution in [-0.4, -0.2) is 26.5 Å². The van der Waals surface area contributed by atoms with Crippen molar-refractivity contribution in [1.82, 2.24) is 0 Å². The zero-order valence-electron chi connectivity index (χ0n) is 17.6. The molecule has 0 unspecified atom stereocenters. The molecule has 0 aromatic heterocycles. The first-order valence-electron chi connectivity index (χ1n) is 10.3. The highest BCUT2D eigenvalue weighted by atomic mass is 32.2. The van der Waals surface area contributed by atoms with E-state index in [2.05, 4.69) is 10.0 Å². The highest BCUT2D eigenvalue weighted by Gasteiger charge is 2.20. The zero-order valence-corrected chi connectivity index (χ0v) is 18.4. The van der Waals surface area contributed by atoms with Crippen LogP contribution in [0.3, 0.4) is 0 Å². The zero-order chi connectivity index (χ0) is 22.7. The van der Waals surface area contributed by atoms with Gasteiger partial charge in [0, 0.05) is 5.56 Å². The minimum Gasteiger partial charge on any atom is -0.506 e. The van der Waals surface area contributed by atoms with Crippen LogP contribution in [0.1, 0.15) is 34.3 Å². The fourth-order valence-corrected chi connectivity index (χ4v) is 4.88. The van der Waals surface area contributed by atoms with Crippen molar-refractivity contribution in [3.8, 4) is 11.5 Å². The molecule has 0 bridgehead atoms. The third-order valence-electron chi connectivity index (χ3n) is 5.49. The van der Waals surface area contributed by atoms with Gasteiger partial charge in [0.15, 0.2) is 0 Å². The summed E-state index contributed by atoms with van der Waals surface area (Å²) < 4.78 is 33.4. The van der Waals surface area contributed by atoms with Gasteiger partial charge < -0.3 is 15.2 Å². The van der Waals surface area contributed by atoms with Gasteiger partial charge in [-0.2, -0.15) is 0 Å². The van der Waals surface area contributed by atoms with Crippen LogP contribution in [0.2, 0.25) is 0 Å². The first-order chi connectivity index (χ1) is 15.4. The summed E-state index contributed by atoms with van der Waals surface area (Å²) in [5.74, 6) is -0.274. The highest BCUT2D eigenvalue weighted by molar-refractivity contribution is 7.92. The number of para-hydroxylation sites is 2. The Bertz CT molecular complexity index is 1270. The summed E-state index contributed by atoms with van der Waals surface area (Å²) in [5.41, 5.74) is 3.17. The van der Waals surface area contributed by atoms with Gasteiger partial charge in [0.25, 0.3) is 15.9 Å². The predicted octanol–water partition coefficient (Wildman–Crippen LogP) is 4.33. The molecule has 3 aromatic rings. The lowest BCUT2D eigenvalue weighted by Gasteiger charge is -2.17. The lowest BCUT2D eigenvalue weighted by molar-refractivity contribution is 0.102. The van der Waals surface area contributed by atoms with E-state index in [4.69, 9.17) is 4.74 Å². The normalized spacial score (nSPS) is 13.2. The second-order valence-corrected chi connectivity index (χ2v) is 9.31. The topological polar surface area (TPSA) is 105 Å². The largest absolute Gasteiger partial charge is 0.506 e. The number of nitrogens with one attached hydrogen (secondary N) is 2. The third kappa shape index (κ3) is 4.55. The first kappa shape index (κ1) is 21.7. The molecule has 7 nitrogen and oxygen atoms in total. The average molecular weight is 453 g/mol. The molecule has 3 N–H and O–H groups in total. The Balaban J connectivity index is 1.58. The summed E-state index contributed by atoms with van der Waals surface area (Å²) in [6, 6.07) is 15.9. The van der Waals surface area contributed by atoms with Crippen LogP contribution in [0, 0.1) is 0 Å². The molecule has 3 aromatic carbocycles. The van der Waals surface area contributed by atoms with E-state index in [9.17, 15) is 18.3 Å². The molecular weight excluding hydrogens is 428 g/mol. The second kappa shape index (κ2) is 8.92. The number of hydrogen-bond acceptors (Lipinski definition) is 5. The van der Waals surface area contributed by atoms with Gasteiger partial charge in [-0.15, -0.1) is 0 Å². The number of amides is 1. The van der Waals surface area contributed by atoms with Gasteiger partial charge in [-0.3, -0.25) is 9.52 Å². The first-order valence-corrected chi connectivity index (χ1v) is 11.8. The number of sulfonamides is 1. The van der Waals surface area contributed by atoms with Crippen LogP contribution in [0.4, 0.5) is 11.4 Å². The van der Waals surface area contributed by atoms with Crippen LogP contribution in [-0.2, 0) is 22.9 Å². The number of carbonyl (C=O) groups is 1. The lowest BCUT2D eigenvalue weighted by atomic mass is 9.90. The van der Waals surface area contributed by atoms with Crippen molar-refractivity contribution in [3.05, 3.63) is 77.4 Å². The van der Waals surface area contributed by atoms with E-state index in [-0.39, 0.29) is 22.0 Å². The summed E-state index contributed by atoms with van der Waals surface area (Å²) in [5, 5.41) is 12.8. The maximum atomic E-state index is 12.9. The van der Waals surface area contributed by atoms with E-state index >= 15 is 0 Å². The van der Waals surface area contributed by atoms with Crippen LogP contribution in [0.25, 0.3) is 0 Å². The molecule has 0 saturated heterocycles. The lowest BCUT2D eigenvalue weighted by Crippen LogP contribution is -2.16. The number of aromatic hydroxyl groups is 1. The van der Waals surface area contributed by atoms with Crippen LogP contribution in [0.15, 0.2) is 65.6 Å². The highest BCUT2D eigenvalue weighted by Crippen LogP contribution is 2.30. The van der Waals surface area contributed by atoms with Crippen molar-refractivity contribution in [2.75, 3.05) is 17.1 Å².